The van der Waals surface area contributed by atoms with Crippen molar-refractivity contribution >= 4 is 17.5 Å². The molecule has 2 aromatic carbocycles. The molecule has 0 saturated carbocycles. The normalized spacial score (nSPS) is 15.1. The van der Waals surface area contributed by atoms with Crippen molar-refractivity contribution in [3.05, 3.63) is 54.6 Å². The standard InChI is InChI=1S/C24H30N2O3/c1-24(2,3)23(28)26-16-14-18(15-17-26)22(27)25(4)19-10-12-21(13-11-19)29-20-8-6-5-7-9-20/h5-13,18H,14-17H2,1-4H3. The van der Waals surface area contributed by atoms with E-state index in [1.54, 1.807) is 4.90 Å². The van der Waals surface area contributed by atoms with E-state index in [1.165, 1.54) is 0 Å². The van der Waals surface area contributed by atoms with Crippen LogP contribution in [-0.4, -0.2) is 36.9 Å². The summed E-state index contributed by atoms with van der Waals surface area (Å²) in [6, 6.07) is 17.1. The molecule has 5 heteroatoms. The largest absolute Gasteiger partial charge is 0.457 e. The third-order valence-electron chi connectivity index (χ3n) is 5.31. The molecule has 0 aliphatic carbocycles. The summed E-state index contributed by atoms with van der Waals surface area (Å²) in [5.74, 6) is 1.72. The Kier molecular flexibility index (Phi) is 6.26. The molecule has 1 heterocycles. The van der Waals surface area contributed by atoms with Crippen molar-refractivity contribution in [1.29, 1.82) is 0 Å². The number of ether oxygens (including phenoxy) is 1. The lowest BCUT2D eigenvalue weighted by Gasteiger charge is -2.36. The molecule has 0 unspecified atom stereocenters. The van der Waals surface area contributed by atoms with Gasteiger partial charge in [0.2, 0.25) is 11.8 Å². The zero-order valence-electron chi connectivity index (χ0n) is 17.7. The number of rotatable bonds is 4. The van der Waals surface area contributed by atoms with Gasteiger partial charge in [-0.1, -0.05) is 39.0 Å². The maximum Gasteiger partial charge on any atom is 0.229 e. The number of carbonyl (C=O) groups is 2. The second kappa shape index (κ2) is 8.68. The van der Waals surface area contributed by atoms with Crippen LogP contribution in [0, 0.1) is 11.3 Å². The van der Waals surface area contributed by atoms with Gasteiger partial charge in [-0.15, -0.1) is 0 Å². The predicted molar refractivity (Wildman–Crippen MR) is 115 cm³/mol. The van der Waals surface area contributed by atoms with Crippen molar-refractivity contribution in [2.75, 3.05) is 25.0 Å². The first kappa shape index (κ1) is 20.9. The molecule has 2 amide bonds. The van der Waals surface area contributed by atoms with E-state index in [-0.39, 0.29) is 23.1 Å². The van der Waals surface area contributed by atoms with E-state index in [4.69, 9.17) is 4.74 Å². The highest BCUT2D eigenvalue weighted by molar-refractivity contribution is 5.94. The topological polar surface area (TPSA) is 49.9 Å². The van der Waals surface area contributed by atoms with Crippen LogP contribution in [-0.2, 0) is 9.59 Å². The molecule has 29 heavy (non-hydrogen) atoms. The van der Waals surface area contributed by atoms with Crippen molar-refractivity contribution in [1.82, 2.24) is 4.90 Å². The number of anilines is 1. The molecule has 0 aromatic heterocycles. The summed E-state index contributed by atoms with van der Waals surface area (Å²) in [5.41, 5.74) is 0.459. The molecular weight excluding hydrogens is 364 g/mol. The highest BCUT2D eigenvalue weighted by Gasteiger charge is 2.33. The summed E-state index contributed by atoms with van der Waals surface area (Å²) in [5, 5.41) is 0. The van der Waals surface area contributed by atoms with Gasteiger partial charge in [-0.25, -0.2) is 0 Å². The van der Waals surface area contributed by atoms with Crippen LogP contribution in [0.4, 0.5) is 5.69 Å². The molecule has 0 N–H and O–H groups in total. The Labute approximate surface area is 173 Å². The molecular formula is C24H30N2O3. The van der Waals surface area contributed by atoms with E-state index in [0.29, 0.717) is 25.9 Å². The Balaban J connectivity index is 1.57. The number of likely N-dealkylation sites (tertiary alicyclic amines) is 1. The lowest BCUT2D eigenvalue weighted by atomic mass is 9.90. The number of piperidine rings is 1. The first-order valence-electron chi connectivity index (χ1n) is 10.2. The SMILES string of the molecule is CN(C(=O)C1CCN(C(=O)C(C)(C)C)CC1)c1ccc(Oc2ccccc2)cc1. The quantitative estimate of drug-likeness (QED) is 0.753. The van der Waals surface area contributed by atoms with Crippen LogP contribution in [0.5, 0.6) is 11.5 Å². The molecule has 0 radical (unpaired) electrons. The Morgan fingerprint density at radius 1 is 0.931 bits per heavy atom. The minimum absolute atomic E-state index is 0.0516. The van der Waals surface area contributed by atoms with Gasteiger partial charge >= 0.3 is 0 Å². The van der Waals surface area contributed by atoms with Gasteiger partial charge < -0.3 is 14.5 Å². The number of amides is 2. The van der Waals surface area contributed by atoms with Crippen molar-refractivity contribution in [2.45, 2.75) is 33.6 Å². The number of carbonyl (C=O) groups excluding carboxylic acids is 2. The van der Waals surface area contributed by atoms with E-state index in [0.717, 1.165) is 17.2 Å². The number of para-hydroxylation sites is 1. The smallest absolute Gasteiger partial charge is 0.229 e. The summed E-state index contributed by atoms with van der Waals surface area (Å²) in [7, 11) is 1.81. The molecule has 2 aromatic rings. The van der Waals surface area contributed by atoms with Crippen LogP contribution < -0.4 is 9.64 Å². The molecule has 5 nitrogen and oxygen atoms in total. The van der Waals surface area contributed by atoms with E-state index < -0.39 is 0 Å². The van der Waals surface area contributed by atoms with Crippen LogP contribution in [0.2, 0.25) is 0 Å². The van der Waals surface area contributed by atoms with Crippen molar-refractivity contribution in [3.8, 4) is 11.5 Å². The molecule has 1 aliphatic rings. The minimum atomic E-state index is -0.378. The summed E-state index contributed by atoms with van der Waals surface area (Å²) >= 11 is 0. The second-order valence-corrected chi connectivity index (χ2v) is 8.62. The van der Waals surface area contributed by atoms with E-state index in [9.17, 15) is 9.59 Å². The lowest BCUT2D eigenvalue weighted by molar-refractivity contribution is -0.142. The fourth-order valence-electron chi connectivity index (χ4n) is 3.57. The third kappa shape index (κ3) is 5.17. The summed E-state index contributed by atoms with van der Waals surface area (Å²) in [4.78, 5) is 29.0. The summed E-state index contributed by atoms with van der Waals surface area (Å²) < 4.78 is 5.81. The maximum atomic E-state index is 12.9. The van der Waals surface area contributed by atoms with Gasteiger partial charge in [0.15, 0.2) is 0 Å². The fourth-order valence-corrected chi connectivity index (χ4v) is 3.57. The summed E-state index contributed by atoms with van der Waals surface area (Å²) in [6.45, 7) is 7.09. The highest BCUT2D eigenvalue weighted by Crippen LogP contribution is 2.28. The summed E-state index contributed by atoms with van der Waals surface area (Å²) in [6.07, 6.45) is 1.42. The Morgan fingerprint density at radius 3 is 2.03 bits per heavy atom. The average Bonchev–Trinajstić information content (AvgIpc) is 2.73. The molecule has 1 saturated heterocycles. The molecule has 0 spiro atoms. The highest BCUT2D eigenvalue weighted by atomic mass is 16.5. The minimum Gasteiger partial charge on any atom is -0.457 e. The van der Waals surface area contributed by atoms with Crippen LogP contribution >= 0.6 is 0 Å². The zero-order chi connectivity index (χ0) is 21.0. The van der Waals surface area contributed by atoms with Gasteiger partial charge in [-0.05, 0) is 49.2 Å². The predicted octanol–water partition coefficient (Wildman–Crippen LogP) is 4.73. The monoisotopic (exact) mass is 394 g/mol. The first-order valence-corrected chi connectivity index (χ1v) is 10.2. The van der Waals surface area contributed by atoms with Crippen LogP contribution in [0.1, 0.15) is 33.6 Å². The van der Waals surface area contributed by atoms with Gasteiger partial charge in [0, 0.05) is 37.2 Å². The van der Waals surface area contributed by atoms with Crippen molar-refractivity contribution in [3.63, 3.8) is 0 Å². The molecule has 154 valence electrons. The third-order valence-corrected chi connectivity index (χ3v) is 5.31. The second-order valence-electron chi connectivity index (χ2n) is 8.62. The Hall–Kier alpha value is -2.82. The molecule has 1 fully saturated rings. The maximum absolute atomic E-state index is 12.9. The first-order chi connectivity index (χ1) is 13.8. The van der Waals surface area contributed by atoms with Gasteiger partial charge in [0.1, 0.15) is 11.5 Å². The van der Waals surface area contributed by atoms with Crippen LogP contribution in [0.3, 0.4) is 0 Å². The number of hydrogen-bond acceptors (Lipinski definition) is 3. The zero-order valence-corrected chi connectivity index (χ0v) is 17.7. The van der Waals surface area contributed by atoms with Gasteiger partial charge in [-0.2, -0.15) is 0 Å². The molecule has 3 rings (SSSR count). The number of nitrogens with zero attached hydrogens (tertiary/aromatic N) is 2. The van der Waals surface area contributed by atoms with Crippen LogP contribution in [0.15, 0.2) is 54.6 Å². The fraction of sp³-hybridized carbons (Fsp3) is 0.417. The average molecular weight is 395 g/mol. The van der Waals surface area contributed by atoms with Gasteiger partial charge in [0.05, 0.1) is 0 Å². The van der Waals surface area contributed by atoms with E-state index in [1.807, 2.05) is 87.3 Å². The van der Waals surface area contributed by atoms with Crippen molar-refractivity contribution in [2.24, 2.45) is 11.3 Å². The number of benzene rings is 2. The van der Waals surface area contributed by atoms with E-state index >= 15 is 0 Å². The van der Waals surface area contributed by atoms with E-state index in [2.05, 4.69) is 0 Å². The molecule has 0 atom stereocenters. The van der Waals surface area contributed by atoms with Crippen molar-refractivity contribution < 1.29 is 14.3 Å². The van der Waals surface area contributed by atoms with Crippen LogP contribution in [0.25, 0.3) is 0 Å². The van der Waals surface area contributed by atoms with Gasteiger partial charge in [0.25, 0.3) is 0 Å². The van der Waals surface area contributed by atoms with Gasteiger partial charge in [-0.3, -0.25) is 9.59 Å². The molecule has 0 bridgehead atoms. The molecule has 1 aliphatic heterocycles. The Bertz CT molecular complexity index is 833. The Morgan fingerprint density at radius 2 is 1.48 bits per heavy atom. The lowest BCUT2D eigenvalue weighted by Crippen LogP contribution is -2.47. The number of hydrogen-bond donors (Lipinski definition) is 0.